The van der Waals surface area contributed by atoms with Crippen LogP contribution in [0.1, 0.15) is 6.42 Å². The molecule has 1 atom stereocenters. The summed E-state index contributed by atoms with van der Waals surface area (Å²) in [6.45, 7) is 1.25. The van der Waals surface area contributed by atoms with Gasteiger partial charge in [-0.05, 0) is 18.6 Å². The van der Waals surface area contributed by atoms with E-state index in [2.05, 4.69) is 10.6 Å². The smallest absolute Gasteiger partial charge is 0.319 e. The molecule has 0 aromatic heterocycles. The molecule has 1 aromatic rings. The molecule has 19 heavy (non-hydrogen) atoms. The zero-order valence-corrected chi connectivity index (χ0v) is 11.1. The minimum absolute atomic E-state index is 0.0734. The Kier molecular flexibility index (Phi) is 4.46. The third-order valence-electron chi connectivity index (χ3n) is 2.92. The molecule has 0 radical (unpaired) electrons. The Labute approximate surface area is 112 Å². The maximum absolute atomic E-state index is 11.8. The number of carbonyl (C=O) groups is 1. The second-order valence-electron chi connectivity index (χ2n) is 4.23. The van der Waals surface area contributed by atoms with E-state index in [1.165, 1.54) is 0 Å². The summed E-state index contributed by atoms with van der Waals surface area (Å²) in [6.07, 6.45) is 0.840. The number of anilines is 1. The van der Waals surface area contributed by atoms with Crippen molar-refractivity contribution in [3.63, 3.8) is 0 Å². The van der Waals surface area contributed by atoms with Gasteiger partial charge in [0.05, 0.1) is 32.6 Å². The molecule has 2 rings (SSSR count). The van der Waals surface area contributed by atoms with Crippen molar-refractivity contribution in [2.45, 2.75) is 12.5 Å². The van der Waals surface area contributed by atoms with Crippen LogP contribution in [0.15, 0.2) is 18.2 Å². The van der Waals surface area contributed by atoms with Gasteiger partial charge in [0.15, 0.2) is 0 Å². The maximum atomic E-state index is 11.8. The number of nitrogens with one attached hydrogen (secondary N) is 2. The number of hydrogen-bond acceptors (Lipinski definition) is 4. The summed E-state index contributed by atoms with van der Waals surface area (Å²) >= 11 is 0. The first-order valence-electron chi connectivity index (χ1n) is 6.10. The van der Waals surface area contributed by atoms with E-state index in [1.54, 1.807) is 32.4 Å². The molecular formula is C13H18N2O4. The van der Waals surface area contributed by atoms with Gasteiger partial charge >= 0.3 is 6.03 Å². The maximum Gasteiger partial charge on any atom is 0.319 e. The van der Waals surface area contributed by atoms with E-state index >= 15 is 0 Å². The first-order valence-corrected chi connectivity index (χ1v) is 6.10. The molecule has 0 unspecified atom stereocenters. The number of rotatable bonds is 4. The molecule has 6 nitrogen and oxygen atoms in total. The highest BCUT2D eigenvalue weighted by atomic mass is 16.5. The van der Waals surface area contributed by atoms with Crippen LogP contribution < -0.4 is 20.1 Å². The van der Waals surface area contributed by atoms with E-state index in [0.717, 1.165) is 6.42 Å². The fourth-order valence-corrected chi connectivity index (χ4v) is 1.89. The van der Waals surface area contributed by atoms with Crippen molar-refractivity contribution in [1.29, 1.82) is 0 Å². The molecule has 1 fully saturated rings. The number of ether oxygens (including phenoxy) is 3. The molecule has 2 N–H and O–H groups in total. The van der Waals surface area contributed by atoms with Gasteiger partial charge in [0.25, 0.3) is 0 Å². The lowest BCUT2D eigenvalue weighted by molar-refractivity contribution is 0.189. The van der Waals surface area contributed by atoms with Crippen LogP contribution in [0.5, 0.6) is 11.5 Å². The van der Waals surface area contributed by atoms with Gasteiger partial charge in [0.1, 0.15) is 11.5 Å². The average molecular weight is 266 g/mol. The van der Waals surface area contributed by atoms with Crippen LogP contribution in [0.25, 0.3) is 0 Å². The summed E-state index contributed by atoms with van der Waals surface area (Å²) in [7, 11) is 3.12. The van der Waals surface area contributed by atoms with E-state index in [0.29, 0.717) is 30.4 Å². The summed E-state index contributed by atoms with van der Waals surface area (Å²) < 4.78 is 15.5. The molecule has 0 saturated carbocycles. The highest BCUT2D eigenvalue weighted by Gasteiger charge is 2.18. The molecule has 1 aliphatic rings. The van der Waals surface area contributed by atoms with Gasteiger partial charge in [-0.25, -0.2) is 4.79 Å². The van der Waals surface area contributed by atoms with Gasteiger partial charge in [-0.1, -0.05) is 0 Å². The zero-order valence-electron chi connectivity index (χ0n) is 11.1. The first-order chi connectivity index (χ1) is 9.22. The molecule has 6 heteroatoms. The second-order valence-corrected chi connectivity index (χ2v) is 4.23. The normalized spacial score (nSPS) is 17.9. The number of amides is 2. The SMILES string of the molecule is COc1ccc(NC(=O)N[C@H]2CCOC2)c(OC)c1. The van der Waals surface area contributed by atoms with Gasteiger partial charge < -0.3 is 24.8 Å². The Hall–Kier alpha value is -1.95. The average Bonchev–Trinajstić information content (AvgIpc) is 2.91. The fraction of sp³-hybridized carbons (Fsp3) is 0.462. The molecule has 0 aliphatic carbocycles. The predicted molar refractivity (Wildman–Crippen MR) is 70.9 cm³/mol. The van der Waals surface area contributed by atoms with Gasteiger partial charge in [-0.2, -0.15) is 0 Å². The monoisotopic (exact) mass is 266 g/mol. The molecule has 1 heterocycles. The van der Waals surface area contributed by atoms with Crippen LogP contribution in [0.4, 0.5) is 10.5 Å². The quantitative estimate of drug-likeness (QED) is 0.868. The molecule has 2 amide bonds. The lowest BCUT2D eigenvalue weighted by atomic mass is 10.2. The Morgan fingerprint density at radius 1 is 1.37 bits per heavy atom. The van der Waals surface area contributed by atoms with Crippen molar-refractivity contribution in [2.75, 3.05) is 32.8 Å². The molecule has 104 valence electrons. The first kappa shape index (κ1) is 13.5. The van der Waals surface area contributed by atoms with Crippen LogP contribution in [0, 0.1) is 0 Å². The summed E-state index contributed by atoms with van der Waals surface area (Å²) in [6, 6.07) is 5.02. The Bertz CT molecular complexity index is 444. The summed E-state index contributed by atoms with van der Waals surface area (Å²) in [5.41, 5.74) is 0.597. The van der Waals surface area contributed by atoms with Crippen molar-refractivity contribution in [1.82, 2.24) is 5.32 Å². The molecule has 0 bridgehead atoms. The number of hydrogen-bond donors (Lipinski definition) is 2. The number of methoxy groups -OCH3 is 2. The molecule has 1 aliphatic heterocycles. The van der Waals surface area contributed by atoms with Gasteiger partial charge in [-0.3, -0.25) is 0 Å². The van der Waals surface area contributed by atoms with Gasteiger partial charge in [0, 0.05) is 12.7 Å². The predicted octanol–water partition coefficient (Wildman–Crippen LogP) is 1.61. The van der Waals surface area contributed by atoms with E-state index < -0.39 is 0 Å². The fourth-order valence-electron chi connectivity index (χ4n) is 1.89. The van der Waals surface area contributed by atoms with Crippen LogP contribution in [0.3, 0.4) is 0 Å². The molecule has 1 aromatic carbocycles. The van der Waals surface area contributed by atoms with Crippen molar-refractivity contribution >= 4 is 11.7 Å². The minimum atomic E-state index is -0.265. The lowest BCUT2D eigenvalue weighted by Crippen LogP contribution is -2.38. The lowest BCUT2D eigenvalue weighted by Gasteiger charge is -2.14. The van der Waals surface area contributed by atoms with Crippen molar-refractivity contribution < 1.29 is 19.0 Å². The number of urea groups is 1. The molecular weight excluding hydrogens is 248 g/mol. The van der Waals surface area contributed by atoms with E-state index in [1.807, 2.05) is 0 Å². The van der Waals surface area contributed by atoms with Crippen LogP contribution in [-0.4, -0.2) is 39.5 Å². The third-order valence-corrected chi connectivity index (χ3v) is 2.92. The summed E-state index contributed by atoms with van der Waals surface area (Å²) in [5.74, 6) is 1.23. The van der Waals surface area contributed by atoms with E-state index in [4.69, 9.17) is 14.2 Å². The topological polar surface area (TPSA) is 68.8 Å². The van der Waals surface area contributed by atoms with Gasteiger partial charge in [0.2, 0.25) is 0 Å². The van der Waals surface area contributed by atoms with Crippen molar-refractivity contribution in [2.24, 2.45) is 0 Å². The van der Waals surface area contributed by atoms with E-state index in [9.17, 15) is 4.79 Å². The van der Waals surface area contributed by atoms with Gasteiger partial charge in [-0.15, -0.1) is 0 Å². The standard InChI is InChI=1S/C13H18N2O4/c1-17-10-3-4-11(12(7-10)18-2)15-13(16)14-9-5-6-19-8-9/h3-4,7,9H,5-6,8H2,1-2H3,(H2,14,15,16)/t9-/m0/s1. The highest BCUT2D eigenvalue weighted by Crippen LogP contribution is 2.28. The van der Waals surface area contributed by atoms with Crippen molar-refractivity contribution in [3.05, 3.63) is 18.2 Å². The third kappa shape index (κ3) is 3.51. The molecule has 0 spiro atoms. The van der Waals surface area contributed by atoms with Crippen LogP contribution in [-0.2, 0) is 4.74 Å². The minimum Gasteiger partial charge on any atom is -0.497 e. The second kappa shape index (κ2) is 6.29. The zero-order chi connectivity index (χ0) is 13.7. The summed E-state index contributed by atoms with van der Waals surface area (Å²) in [5, 5.41) is 5.60. The van der Waals surface area contributed by atoms with Crippen molar-refractivity contribution in [3.8, 4) is 11.5 Å². The Morgan fingerprint density at radius 3 is 2.84 bits per heavy atom. The van der Waals surface area contributed by atoms with E-state index in [-0.39, 0.29) is 12.1 Å². The summed E-state index contributed by atoms with van der Waals surface area (Å²) in [4.78, 5) is 11.8. The number of benzene rings is 1. The highest BCUT2D eigenvalue weighted by molar-refractivity contribution is 5.91. The molecule has 1 saturated heterocycles. The number of carbonyl (C=O) groups excluding carboxylic acids is 1. The largest absolute Gasteiger partial charge is 0.497 e. The van der Waals surface area contributed by atoms with Crippen LogP contribution >= 0.6 is 0 Å². The van der Waals surface area contributed by atoms with Crippen LogP contribution in [0.2, 0.25) is 0 Å². The Morgan fingerprint density at radius 2 is 2.21 bits per heavy atom. The Balaban J connectivity index is 1.99.